The Kier molecular flexibility index (Phi) is 9.19. The molecule has 1 aliphatic carbocycles. The minimum absolute atomic E-state index is 0.0890. The highest BCUT2D eigenvalue weighted by Gasteiger charge is 2.36. The maximum absolute atomic E-state index is 7.26. The van der Waals surface area contributed by atoms with Crippen molar-refractivity contribution in [3.05, 3.63) is 254 Å². The van der Waals surface area contributed by atoms with Gasteiger partial charge in [0.05, 0.1) is 5.69 Å². The Morgan fingerprint density at radius 1 is 0.338 bits per heavy atom. The average Bonchev–Trinajstić information content (AvgIpc) is 3.63. The molecular formula is C65H46N2O. The summed E-state index contributed by atoms with van der Waals surface area (Å²) >= 11 is 0. The van der Waals surface area contributed by atoms with Crippen molar-refractivity contribution in [2.75, 3.05) is 9.80 Å². The first-order valence-corrected chi connectivity index (χ1v) is 23.5. The molecule has 13 rings (SSSR count). The predicted octanol–water partition coefficient (Wildman–Crippen LogP) is 18.3. The smallest absolute Gasteiger partial charge is 0.143 e. The van der Waals surface area contributed by atoms with Gasteiger partial charge in [-0.15, -0.1) is 0 Å². The standard InChI is InChI=1S/C65H46N2O/c1-65(2)59-28-15-14-25-53(59)58-41-49(35-39-60(58)65)67(48-32-29-44(30-33-48)43-17-6-3-7-18-43)61-40-38-52(51-24-12-13-26-54(51)61)57-36-31-45-19-16-27-56-55-37-34-50(42-62(55)68-64(57)63(45)56)66(46-20-8-4-9-21-46)47-22-10-5-11-23-47/h3-42H,1-2H3. The monoisotopic (exact) mass is 870 g/mol. The molecule has 0 amide bonds. The Bertz CT molecular complexity index is 3690. The number of hydrogen-bond donors (Lipinski definition) is 0. The third-order valence-corrected chi connectivity index (χ3v) is 14.2. The van der Waals surface area contributed by atoms with Crippen LogP contribution >= 0.6 is 0 Å². The number of hydrogen-bond acceptors (Lipinski definition) is 3. The first-order valence-electron chi connectivity index (χ1n) is 23.5. The molecule has 0 fully saturated rings. The molecule has 0 aromatic heterocycles. The fourth-order valence-electron chi connectivity index (χ4n) is 11.0. The summed E-state index contributed by atoms with van der Waals surface area (Å²) in [6.07, 6.45) is 0. The highest BCUT2D eigenvalue weighted by atomic mass is 16.5. The lowest BCUT2D eigenvalue weighted by atomic mass is 9.82. The third-order valence-electron chi connectivity index (χ3n) is 14.2. The van der Waals surface area contributed by atoms with Gasteiger partial charge in [0.15, 0.2) is 0 Å². The largest absolute Gasteiger partial charge is 0.455 e. The van der Waals surface area contributed by atoms with Crippen LogP contribution in [0.5, 0.6) is 11.5 Å². The van der Waals surface area contributed by atoms with Gasteiger partial charge in [0.1, 0.15) is 11.5 Å². The molecule has 3 nitrogen and oxygen atoms in total. The lowest BCUT2D eigenvalue weighted by Gasteiger charge is -2.30. The molecule has 0 radical (unpaired) electrons. The van der Waals surface area contributed by atoms with E-state index in [1.54, 1.807) is 0 Å². The van der Waals surface area contributed by atoms with Crippen LogP contribution in [0.25, 0.3) is 66.1 Å². The fraction of sp³-hybridized carbons (Fsp3) is 0.0462. The van der Waals surface area contributed by atoms with E-state index in [0.29, 0.717) is 0 Å². The van der Waals surface area contributed by atoms with Crippen LogP contribution in [-0.2, 0) is 5.41 Å². The molecule has 0 saturated heterocycles. The molecule has 0 N–H and O–H groups in total. The molecule has 11 aromatic carbocycles. The molecule has 0 spiro atoms. The van der Waals surface area contributed by atoms with Gasteiger partial charge in [-0.1, -0.05) is 178 Å². The number of ether oxygens (including phenoxy) is 1. The summed E-state index contributed by atoms with van der Waals surface area (Å²) < 4.78 is 7.26. The molecular weight excluding hydrogens is 825 g/mol. The van der Waals surface area contributed by atoms with Crippen molar-refractivity contribution in [3.8, 4) is 56.0 Å². The van der Waals surface area contributed by atoms with E-state index >= 15 is 0 Å². The highest BCUT2D eigenvalue weighted by molar-refractivity contribution is 6.12. The number of nitrogens with zero attached hydrogens (tertiary/aromatic N) is 2. The number of fused-ring (bicyclic) bond motifs is 6. The lowest BCUT2D eigenvalue weighted by molar-refractivity contribution is 0.489. The van der Waals surface area contributed by atoms with E-state index in [2.05, 4.69) is 266 Å². The van der Waals surface area contributed by atoms with Gasteiger partial charge < -0.3 is 14.5 Å². The van der Waals surface area contributed by atoms with Gasteiger partial charge >= 0.3 is 0 Å². The van der Waals surface area contributed by atoms with E-state index in [0.717, 1.165) is 83.9 Å². The minimum Gasteiger partial charge on any atom is -0.455 e. The van der Waals surface area contributed by atoms with E-state index in [-0.39, 0.29) is 5.41 Å². The summed E-state index contributed by atoms with van der Waals surface area (Å²) in [6, 6.07) is 87.9. The molecule has 11 aromatic rings. The summed E-state index contributed by atoms with van der Waals surface area (Å²) in [6.45, 7) is 4.69. The Labute approximate surface area is 397 Å². The summed E-state index contributed by atoms with van der Waals surface area (Å²) in [4.78, 5) is 4.73. The maximum Gasteiger partial charge on any atom is 0.143 e. The van der Waals surface area contributed by atoms with E-state index in [9.17, 15) is 0 Å². The van der Waals surface area contributed by atoms with Crippen LogP contribution in [0.2, 0.25) is 0 Å². The van der Waals surface area contributed by atoms with E-state index in [4.69, 9.17) is 4.74 Å². The zero-order valence-corrected chi connectivity index (χ0v) is 37.9. The van der Waals surface area contributed by atoms with Gasteiger partial charge in [-0.2, -0.15) is 0 Å². The summed E-state index contributed by atoms with van der Waals surface area (Å²) in [5, 5.41) is 4.58. The number of benzene rings is 11. The quantitative estimate of drug-likeness (QED) is 0.151. The van der Waals surface area contributed by atoms with Crippen molar-refractivity contribution >= 4 is 55.7 Å². The Hall–Kier alpha value is -8.66. The minimum atomic E-state index is -0.0890. The van der Waals surface area contributed by atoms with Gasteiger partial charge in [0.25, 0.3) is 0 Å². The first kappa shape index (κ1) is 39.7. The maximum atomic E-state index is 7.26. The summed E-state index contributed by atoms with van der Waals surface area (Å²) in [5.41, 5.74) is 18.6. The SMILES string of the molecule is CC1(C)c2ccccc2-c2cc(N(c3ccc(-c4ccccc4)cc3)c3ccc(-c4ccc5cccc6c5c4Oc4cc(N(c5ccccc5)c5ccccc5)ccc4-6)c4ccccc34)ccc21. The van der Waals surface area contributed by atoms with Gasteiger partial charge in [-0.05, 0) is 128 Å². The molecule has 0 atom stereocenters. The second-order valence-electron chi connectivity index (χ2n) is 18.5. The van der Waals surface area contributed by atoms with Crippen LogP contribution in [0.4, 0.5) is 34.1 Å². The van der Waals surface area contributed by atoms with Gasteiger partial charge in [0.2, 0.25) is 0 Å². The van der Waals surface area contributed by atoms with E-state index in [1.165, 1.54) is 38.9 Å². The molecule has 1 aliphatic heterocycles. The normalized spacial score (nSPS) is 12.8. The second kappa shape index (κ2) is 15.8. The average molecular weight is 871 g/mol. The predicted molar refractivity (Wildman–Crippen MR) is 285 cm³/mol. The summed E-state index contributed by atoms with van der Waals surface area (Å²) in [7, 11) is 0. The molecule has 0 unspecified atom stereocenters. The topological polar surface area (TPSA) is 15.7 Å². The van der Waals surface area contributed by atoms with Crippen molar-refractivity contribution in [2.45, 2.75) is 19.3 Å². The third kappa shape index (κ3) is 6.35. The van der Waals surface area contributed by atoms with Gasteiger partial charge in [-0.3, -0.25) is 0 Å². The fourth-order valence-corrected chi connectivity index (χ4v) is 11.0. The van der Waals surface area contributed by atoms with Gasteiger partial charge in [-0.25, -0.2) is 0 Å². The first-order chi connectivity index (χ1) is 33.5. The molecule has 2 aliphatic rings. The number of anilines is 6. The number of para-hydroxylation sites is 2. The van der Waals surface area contributed by atoms with Crippen LogP contribution in [0.1, 0.15) is 25.0 Å². The van der Waals surface area contributed by atoms with Crippen LogP contribution < -0.4 is 14.5 Å². The Balaban J connectivity index is 0.971. The van der Waals surface area contributed by atoms with E-state index in [1.807, 2.05) is 0 Å². The van der Waals surface area contributed by atoms with Crippen molar-refractivity contribution < 1.29 is 4.74 Å². The van der Waals surface area contributed by atoms with Crippen LogP contribution in [0.15, 0.2) is 243 Å². The molecule has 68 heavy (non-hydrogen) atoms. The Morgan fingerprint density at radius 2 is 0.897 bits per heavy atom. The van der Waals surface area contributed by atoms with Gasteiger partial charge in [0, 0.05) is 61.8 Å². The zero-order valence-electron chi connectivity index (χ0n) is 37.9. The Morgan fingerprint density at radius 3 is 1.66 bits per heavy atom. The van der Waals surface area contributed by atoms with Crippen LogP contribution in [-0.4, -0.2) is 0 Å². The van der Waals surface area contributed by atoms with Crippen molar-refractivity contribution in [1.82, 2.24) is 0 Å². The van der Waals surface area contributed by atoms with Crippen molar-refractivity contribution in [2.24, 2.45) is 0 Å². The van der Waals surface area contributed by atoms with E-state index < -0.39 is 0 Å². The van der Waals surface area contributed by atoms with Crippen LogP contribution in [0.3, 0.4) is 0 Å². The van der Waals surface area contributed by atoms with Crippen molar-refractivity contribution in [1.29, 1.82) is 0 Å². The summed E-state index contributed by atoms with van der Waals surface area (Å²) in [5.74, 6) is 1.71. The molecule has 1 heterocycles. The second-order valence-corrected chi connectivity index (χ2v) is 18.5. The lowest BCUT2D eigenvalue weighted by Crippen LogP contribution is -2.15. The highest BCUT2D eigenvalue weighted by Crippen LogP contribution is 2.55. The molecule has 322 valence electrons. The number of rotatable bonds is 8. The molecule has 0 saturated carbocycles. The zero-order chi connectivity index (χ0) is 45.3. The molecule has 0 bridgehead atoms. The molecule has 3 heteroatoms. The van der Waals surface area contributed by atoms with Crippen LogP contribution in [0, 0.1) is 0 Å². The van der Waals surface area contributed by atoms with Crippen molar-refractivity contribution in [3.63, 3.8) is 0 Å².